The van der Waals surface area contributed by atoms with Gasteiger partial charge in [0.15, 0.2) is 10.8 Å². The summed E-state index contributed by atoms with van der Waals surface area (Å²) >= 11 is 0.747. The highest BCUT2D eigenvalue weighted by molar-refractivity contribution is 7.10. The number of aryl methyl sites for hydroxylation is 3. The number of hydrogen-bond acceptors (Lipinski definition) is 6. The number of amides is 1. The van der Waals surface area contributed by atoms with Gasteiger partial charge < -0.3 is 15.5 Å². The Morgan fingerprint density at radius 3 is 2.74 bits per heavy atom. The Labute approximate surface area is 181 Å². The van der Waals surface area contributed by atoms with Crippen molar-refractivity contribution in [3.8, 4) is 0 Å². The molecule has 3 heterocycles. The molecule has 160 valence electrons. The number of carbonyl (C=O) groups is 1. The van der Waals surface area contributed by atoms with Gasteiger partial charge in [0.1, 0.15) is 12.1 Å². The minimum Gasteiger partial charge on any atom is -0.446 e. The molecule has 1 amide bonds. The molecule has 0 aliphatic carbocycles. The fourth-order valence-corrected chi connectivity index (χ4v) is 3.95. The van der Waals surface area contributed by atoms with Gasteiger partial charge in [-0.25, -0.2) is 9.37 Å². The number of halogens is 2. The minimum atomic E-state index is -0.653. The normalized spacial score (nSPS) is 12.3. The summed E-state index contributed by atoms with van der Waals surface area (Å²) in [7, 11) is 0. The molecule has 31 heavy (non-hydrogen) atoms. The van der Waals surface area contributed by atoms with Crippen LogP contribution in [0.5, 0.6) is 0 Å². The topological polar surface area (TPSA) is 94.0 Å². The first-order valence-corrected chi connectivity index (χ1v) is 10.4. The molecular weight excluding hydrogens is 422 g/mol. The second kappa shape index (κ2) is 8.52. The van der Waals surface area contributed by atoms with E-state index in [4.69, 9.17) is 10.2 Å². The van der Waals surface area contributed by atoms with Crippen LogP contribution in [0.15, 0.2) is 41.1 Å². The minimum absolute atomic E-state index is 0.0685. The van der Waals surface area contributed by atoms with E-state index in [1.54, 1.807) is 6.20 Å². The molecule has 0 fully saturated rings. The fraction of sp³-hybridized carbons (Fsp3) is 0.227. The van der Waals surface area contributed by atoms with Gasteiger partial charge in [-0.3, -0.25) is 9.78 Å². The van der Waals surface area contributed by atoms with Gasteiger partial charge in [0.05, 0.1) is 23.4 Å². The van der Waals surface area contributed by atoms with Gasteiger partial charge in [-0.05, 0) is 56.0 Å². The molecule has 0 bridgehead atoms. The molecule has 6 nitrogen and oxygen atoms in total. The maximum absolute atomic E-state index is 13.6. The van der Waals surface area contributed by atoms with Crippen molar-refractivity contribution >= 4 is 33.8 Å². The van der Waals surface area contributed by atoms with Crippen LogP contribution in [0.1, 0.15) is 44.8 Å². The highest BCUT2D eigenvalue weighted by atomic mass is 32.1. The maximum Gasteiger partial charge on any atom is 0.277 e. The molecule has 9 heteroatoms. The number of benzene rings is 1. The number of thiophene rings is 1. The molecule has 4 rings (SSSR count). The van der Waals surface area contributed by atoms with E-state index in [1.165, 1.54) is 6.26 Å². The maximum atomic E-state index is 13.6. The third-order valence-electron chi connectivity index (χ3n) is 5.04. The first kappa shape index (κ1) is 21.1. The van der Waals surface area contributed by atoms with Crippen LogP contribution < -0.4 is 11.1 Å². The van der Waals surface area contributed by atoms with Crippen LogP contribution in [0.2, 0.25) is 0 Å². The van der Waals surface area contributed by atoms with Crippen LogP contribution >= 0.6 is 11.3 Å². The quantitative estimate of drug-likeness (QED) is 0.435. The van der Waals surface area contributed by atoms with Crippen molar-refractivity contribution in [2.24, 2.45) is 5.73 Å². The number of nitrogens with zero attached hydrogens (tertiary/aromatic N) is 2. The molecule has 0 radical (unpaired) electrons. The van der Waals surface area contributed by atoms with Crippen LogP contribution in [0.3, 0.4) is 0 Å². The van der Waals surface area contributed by atoms with Gasteiger partial charge in [0.25, 0.3) is 5.91 Å². The first-order valence-electron chi connectivity index (χ1n) is 9.63. The van der Waals surface area contributed by atoms with Crippen molar-refractivity contribution in [1.29, 1.82) is 0 Å². The predicted octanol–water partition coefficient (Wildman–Crippen LogP) is 5.06. The second-order valence-electron chi connectivity index (χ2n) is 7.35. The summed E-state index contributed by atoms with van der Waals surface area (Å²) in [5.74, 6) is -0.889. The van der Waals surface area contributed by atoms with E-state index < -0.39 is 22.9 Å². The molecule has 0 spiro atoms. The summed E-state index contributed by atoms with van der Waals surface area (Å²) < 4.78 is 32.0. The van der Waals surface area contributed by atoms with E-state index >= 15 is 0 Å². The number of anilines is 1. The number of nitrogens with one attached hydrogen (secondary N) is 1. The fourth-order valence-electron chi connectivity index (χ4n) is 3.18. The van der Waals surface area contributed by atoms with E-state index in [9.17, 15) is 13.6 Å². The molecule has 3 aromatic heterocycles. The van der Waals surface area contributed by atoms with Crippen LogP contribution in [-0.4, -0.2) is 15.9 Å². The molecule has 0 unspecified atom stereocenters. The average Bonchev–Trinajstić information content (AvgIpc) is 3.34. The Kier molecular flexibility index (Phi) is 5.79. The highest BCUT2D eigenvalue weighted by Gasteiger charge is 2.19. The standard InChI is InChI=1S/C22H20F2N4O2S/c1-11-5-13-7-14(9-26-17(13)6-12(11)2)27-21(29)18-10-30-22(28-18)16(25)3-4-19-15(23)8-20(24)31-19/h5-10,16H,3-4,25H2,1-2H3,(H,27,29)/t16-/m1/s1. The van der Waals surface area contributed by atoms with E-state index in [0.29, 0.717) is 12.1 Å². The van der Waals surface area contributed by atoms with E-state index in [-0.39, 0.29) is 22.9 Å². The van der Waals surface area contributed by atoms with Crippen molar-refractivity contribution in [2.45, 2.75) is 32.7 Å². The van der Waals surface area contributed by atoms with Crippen molar-refractivity contribution in [3.05, 3.63) is 75.3 Å². The van der Waals surface area contributed by atoms with Crippen molar-refractivity contribution < 1.29 is 18.0 Å². The zero-order valence-corrected chi connectivity index (χ0v) is 17.7. The lowest BCUT2D eigenvalue weighted by Crippen LogP contribution is -2.15. The number of pyridine rings is 1. The first-order chi connectivity index (χ1) is 14.8. The van der Waals surface area contributed by atoms with Crippen LogP contribution in [0.4, 0.5) is 14.5 Å². The Morgan fingerprint density at radius 2 is 2.00 bits per heavy atom. The summed E-state index contributed by atoms with van der Waals surface area (Å²) in [5.41, 5.74) is 9.78. The lowest BCUT2D eigenvalue weighted by Gasteiger charge is -2.07. The van der Waals surface area contributed by atoms with Gasteiger partial charge in [0.2, 0.25) is 5.89 Å². The molecule has 3 N–H and O–H groups in total. The van der Waals surface area contributed by atoms with Crippen LogP contribution in [0, 0.1) is 24.8 Å². The second-order valence-corrected chi connectivity index (χ2v) is 8.43. The van der Waals surface area contributed by atoms with Gasteiger partial charge in [-0.1, -0.05) is 0 Å². The van der Waals surface area contributed by atoms with E-state index in [2.05, 4.69) is 15.3 Å². The number of fused-ring (bicyclic) bond motifs is 1. The number of oxazole rings is 1. The molecule has 1 atom stereocenters. The predicted molar refractivity (Wildman–Crippen MR) is 115 cm³/mol. The monoisotopic (exact) mass is 442 g/mol. The zero-order valence-electron chi connectivity index (χ0n) is 16.9. The molecule has 0 saturated heterocycles. The smallest absolute Gasteiger partial charge is 0.277 e. The molecule has 0 aliphatic heterocycles. The van der Waals surface area contributed by atoms with Crippen molar-refractivity contribution in [1.82, 2.24) is 9.97 Å². The lowest BCUT2D eigenvalue weighted by atomic mass is 10.1. The number of nitrogens with two attached hydrogens (primary N) is 1. The Morgan fingerprint density at radius 1 is 1.23 bits per heavy atom. The van der Waals surface area contributed by atoms with Crippen molar-refractivity contribution in [3.63, 3.8) is 0 Å². The average molecular weight is 442 g/mol. The number of hydrogen-bond donors (Lipinski definition) is 2. The van der Waals surface area contributed by atoms with Gasteiger partial charge >= 0.3 is 0 Å². The summed E-state index contributed by atoms with van der Waals surface area (Å²) in [5, 5.41) is 3.09. The summed E-state index contributed by atoms with van der Waals surface area (Å²) in [4.78, 5) is 21.4. The van der Waals surface area contributed by atoms with Gasteiger partial charge in [-0.15, -0.1) is 11.3 Å². The zero-order chi connectivity index (χ0) is 22.1. The van der Waals surface area contributed by atoms with E-state index in [0.717, 1.165) is 39.4 Å². The summed E-state index contributed by atoms with van der Waals surface area (Å²) in [6, 6.07) is 6.05. The largest absolute Gasteiger partial charge is 0.446 e. The SMILES string of the molecule is Cc1cc2cc(NC(=O)c3coc([C@H](N)CCc4sc(F)cc4F)n3)cnc2cc1C. The Hall–Kier alpha value is -3.17. The Bertz CT molecular complexity index is 1270. The van der Waals surface area contributed by atoms with Gasteiger partial charge in [0, 0.05) is 16.3 Å². The molecule has 0 aliphatic rings. The van der Waals surface area contributed by atoms with Crippen LogP contribution in [-0.2, 0) is 6.42 Å². The highest BCUT2D eigenvalue weighted by Crippen LogP contribution is 2.25. The molecular formula is C22H20F2N4O2S. The third-order valence-corrected chi connectivity index (χ3v) is 5.99. The van der Waals surface area contributed by atoms with Gasteiger partial charge in [-0.2, -0.15) is 4.39 Å². The molecule has 4 aromatic rings. The third kappa shape index (κ3) is 4.62. The molecule has 1 aromatic carbocycles. The number of carbonyl (C=O) groups excluding carboxylic acids is 1. The van der Waals surface area contributed by atoms with Crippen molar-refractivity contribution in [2.75, 3.05) is 5.32 Å². The summed E-state index contributed by atoms with van der Waals surface area (Å²) in [6.45, 7) is 4.04. The lowest BCUT2D eigenvalue weighted by molar-refractivity contribution is 0.102. The molecule has 0 saturated carbocycles. The number of rotatable bonds is 6. The van der Waals surface area contributed by atoms with E-state index in [1.807, 2.05) is 32.0 Å². The summed E-state index contributed by atoms with van der Waals surface area (Å²) in [6.07, 6.45) is 3.34. The Balaban J connectivity index is 1.42. The number of aromatic nitrogens is 2. The van der Waals surface area contributed by atoms with Crippen LogP contribution in [0.25, 0.3) is 10.9 Å².